The molecule has 2 atom stereocenters. The first-order valence-electron chi connectivity index (χ1n) is 6.91. The minimum Gasteiger partial charge on any atom is -0.481 e. The number of nitrogens with one attached hydrogen (secondary N) is 1. The summed E-state index contributed by atoms with van der Waals surface area (Å²) < 4.78 is 0. The molecule has 1 aromatic rings. The molecule has 0 aliphatic heterocycles. The van der Waals surface area contributed by atoms with E-state index in [0.29, 0.717) is 13.0 Å². The van der Waals surface area contributed by atoms with Gasteiger partial charge in [-0.3, -0.25) is 9.59 Å². The van der Waals surface area contributed by atoms with Gasteiger partial charge in [0.15, 0.2) is 0 Å². The number of hydrogen-bond acceptors (Lipinski definition) is 3. The second kappa shape index (κ2) is 6.52. The lowest BCUT2D eigenvalue weighted by molar-refractivity contribution is -0.142. The third-order valence-electron chi connectivity index (χ3n) is 3.87. The van der Waals surface area contributed by atoms with Crippen LogP contribution >= 0.6 is 0 Å². The molecule has 0 saturated heterocycles. The Bertz CT molecular complexity index is 502. The smallest absolute Gasteiger partial charge is 0.308 e. The van der Waals surface area contributed by atoms with E-state index in [1.807, 2.05) is 24.3 Å². The molecule has 2 rings (SSSR count). The van der Waals surface area contributed by atoms with Gasteiger partial charge in [0.05, 0.1) is 12.3 Å². The number of benzene rings is 1. The number of carbonyl (C=O) groups is 2. The molecule has 108 valence electrons. The third-order valence-corrected chi connectivity index (χ3v) is 3.87. The fourth-order valence-corrected chi connectivity index (χ4v) is 2.79. The Balaban J connectivity index is 1.97. The summed E-state index contributed by atoms with van der Waals surface area (Å²) in [6.07, 6.45) is 2.47. The van der Waals surface area contributed by atoms with Gasteiger partial charge in [-0.2, -0.15) is 0 Å². The Morgan fingerprint density at radius 3 is 2.60 bits per heavy atom. The van der Waals surface area contributed by atoms with E-state index in [-0.39, 0.29) is 18.4 Å². The first-order chi connectivity index (χ1) is 9.61. The van der Waals surface area contributed by atoms with Gasteiger partial charge in [-0.1, -0.05) is 30.7 Å². The van der Waals surface area contributed by atoms with Gasteiger partial charge in [-0.15, -0.1) is 0 Å². The molecule has 0 aromatic heterocycles. The van der Waals surface area contributed by atoms with Crippen LogP contribution in [0.25, 0.3) is 0 Å². The fourth-order valence-electron chi connectivity index (χ4n) is 2.79. The number of aliphatic carboxylic acids is 1. The first kappa shape index (κ1) is 14.5. The summed E-state index contributed by atoms with van der Waals surface area (Å²) in [6.45, 7) is 0.393. The molecule has 5 heteroatoms. The van der Waals surface area contributed by atoms with Crippen molar-refractivity contribution in [3.63, 3.8) is 0 Å². The molecule has 1 saturated carbocycles. The maximum Gasteiger partial charge on any atom is 0.308 e. The Labute approximate surface area is 118 Å². The van der Waals surface area contributed by atoms with Crippen LogP contribution < -0.4 is 11.1 Å². The van der Waals surface area contributed by atoms with Crippen molar-refractivity contribution in [1.29, 1.82) is 0 Å². The van der Waals surface area contributed by atoms with Crippen LogP contribution in [0.5, 0.6) is 0 Å². The molecule has 0 bridgehead atoms. The van der Waals surface area contributed by atoms with Crippen LogP contribution in [0, 0.1) is 5.92 Å². The highest BCUT2D eigenvalue weighted by Crippen LogP contribution is 2.25. The molecule has 1 aliphatic rings. The molecule has 0 heterocycles. The molecular formula is C15H20N2O3. The van der Waals surface area contributed by atoms with Crippen molar-refractivity contribution in [3.05, 3.63) is 35.4 Å². The van der Waals surface area contributed by atoms with E-state index < -0.39 is 11.9 Å². The summed E-state index contributed by atoms with van der Waals surface area (Å²) in [7, 11) is 0. The predicted molar refractivity (Wildman–Crippen MR) is 74.9 cm³/mol. The minimum atomic E-state index is -0.824. The van der Waals surface area contributed by atoms with Gasteiger partial charge in [0.25, 0.3) is 0 Å². The second-order valence-electron chi connectivity index (χ2n) is 5.20. The molecule has 0 radical (unpaired) electrons. The van der Waals surface area contributed by atoms with Gasteiger partial charge < -0.3 is 16.2 Å². The van der Waals surface area contributed by atoms with Crippen LogP contribution in [-0.4, -0.2) is 23.0 Å². The van der Waals surface area contributed by atoms with Crippen LogP contribution in [-0.2, 0) is 22.6 Å². The molecule has 2 unspecified atom stereocenters. The SMILES string of the molecule is NCc1ccccc1CC(=O)NC1CCCC1C(=O)O. The largest absolute Gasteiger partial charge is 0.481 e. The number of hydrogen-bond donors (Lipinski definition) is 3. The lowest BCUT2D eigenvalue weighted by Gasteiger charge is -2.18. The Kier molecular flexibility index (Phi) is 4.74. The van der Waals surface area contributed by atoms with Crippen molar-refractivity contribution < 1.29 is 14.7 Å². The number of carboxylic acid groups (broad SMARTS) is 1. The van der Waals surface area contributed by atoms with Crippen LogP contribution in [0.2, 0.25) is 0 Å². The molecule has 5 nitrogen and oxygen atoms in total. The Hall–Kier alpha value is -1.88. The number of rotatable bonds is 5. The van der Waals surface area contributed by atoms with Crippen molar-refractivity contribution in [2.24, 2.45) is 11.7 Å². The second-order valence-corrected chi connectivity index (χ2v) is 5.20. The molecule has 1 fully saturated rings. The van der Waals surface area contributed by atoms with E-state index >= 15 is 0 Å². The zero-order valence-corrected chi connectivity index (χ0v) is 11.3. The standard InChI is InChI=1S/C15H20N2O3/c16-9-11-5-2-1-4-10(11)8-14(18)17-13-7-3-6-12(13)15(19)20/h1-2,4-5,12-13H,3,6-9,16H2,(H,17,18)(H,19,20). The maximum atomic E-state index is 12.1. The van der Waals surface area contributed by atoms with Crippen LogP contribution in [0.3, 0.4) is 0 Å². The fraction of sp³-hybridized carbons (Fsp3) is 0.467. The summed E-state index contributed by atoms with van der Waals surface area (Å²) in [5.41, 5.74) is 7.49. The van der Waals surface area contributed by atoms with Crippen molar-refractivity contribution in [1.82, 2.24) is 5.32 Å². The average Bonchev–Trinajstić information content (AvgIpc) is 2.87. The molecular weight excluding hydrogens is 256 g/mol. The van der Waals surface area contributed by atoms with Crippen LogP contribution in [0.4, 0.5) is 0 Å². The summed E-state index contributed by atoms with van der Waals surface area (Å²) in [4.78, 5) is 23.1. The maximum absolute atomic E-state index is 12.1. The van der Waals surface area contributed by atoms with E-state index in [2.05, 4.69) is 5.32 Å². The zero-order chi connectivity index (χ0) is 14.5. The van der Waals surface area contributed by atoms with Gasteiger partial charge in [-0.25, -0.2) is 0 Å². The highest BCUT2D eigenvalue weighted by molar-refractivity contribution is 5.80. The van der Waals surface area contributed by atoms with Crippen molar-refractivity contribution in [2.45, 2.75) is 38.3 Å². The third kappa shape index (κ3) is 3.36. The molecule has 20 heavy (non-hydrogen) atoms. The van der Waals surface area contributed by atoms with Gasteiger partial charge in [0, 0.05) is 12.6 Å². The summed E-state index contributed by atoms with van der Waals surface area (Å²) >= 11 is 0. The van der Waals surface area contributed by atoms with Gasteiger partial charge in [0.2, 0.25) is 5.91 Å². The summed E-state index contributed by atoms with van der Waals surface area (Å²) in [6, 6.07) is 7.30. The monoisotopic (exact) mass is 276 g/mol. The highest BCUT2D eigenvalue weighted by Gasteiger charge is 2.33. The highest BCUT2D eigenvalue weighted by atomic mass is 16.4. The lowest BCUT2D eigenvalue weighted by atomic mass is 10.0. The van der Waals surface area contributed by atoms with Gasteiger partial charge >= 0.3 is 5.97 Å². The summed E-state index contributed by atoms with van der Waals surface area (Å²) in [5, 5.41) is 12.0. The quantitative estimate of drug-likeness (QED) is 0.749. The molecule has 4 N–H and O–H groups in total. The van der Waals surface area contributed by atoms with E-state index in [1.165, 1.54) is 0 Å². The van der Waals surface area contributed by atoms with Crippen LogP contribution in [0.15, 0.2) is 24.3 Å². The van der Waals surface area contributed by atoms with Crippen molar-refractivity contribution >= 4 is 11.9 Å². The molecule has 1 aliphatic carbocycles. The predicted octanol–water partition coefficient (Wildman–Crippen LogP) is 1.06. The Morgan fingerprint density at radius 2 is 1.95 bits per heavy atom. The van der Waals surface area contributed by atoms with Crippen molar-refractivity contribution in [2.75, 3.05) is 0 Å². The van der Waals surface area contributed by atoms with Crippen LogP contribution in [0.1, 0.15) is 30.4 Å². The molecule has 1 aromatic carbocycles. The first-order valence-corrected chi connectivity index (χ1v) is 6.91. The minimum absolute atomic E-state index is 0.135. The lowest BCUT2D eigenvalue weighted by Crippen LogP contribution is -2.41. The number of nitrogens with two attached hydrogens (primary N) is 1. The van der Waals surface area contributed by atoms with E-state index in [4.69, 9.17) is 10.8 Å². The summed E-state index contributed by atoms with van der Waals surface area (Å²) in [5.74, 6) is -1.41. The van der Waals surface area contributed by atoms with E-state index in [1.54, 1.807) is 0 Å². The van der Waals surface area contributed by atoms with Gasteiger partial charge in [0.1, 0.15) is 0 Å². The number of amides is 1. The molecule has 1 amide bonds. The average molecular weight is 276 g/mol. The van der Waals surface area contributed by atoms with Gasteiger partial charge in [-0.05, 0) is 24.0 Å². The zero-order valence-electron chi connectivity index (χ0n) is 11.3. The van der Waals surface area contributed by atoms with E-state index in [9.17, 15) is 9.59 Å². The number of carbonyl (C=O) groups excluding carboxylic acids is 1. The topological polar surface area (TPSA) is 92.4 Å². The number of carboxylic acids is 1. The molecule has 0 spiro atoms. The Morgan fingerprint density at radius 1 is 1.25 bits per heavy atom. The normalized spacial score (nSPS) is 21.6. The van der Waals surface area contributed by atoms with Crippen molar-refractivity contribution in [3.8, 4) is 0 Å². The van der Waals surface area contributed by atoms with E-state index in [0.717, 1.165) is 24.0 Å².